The second-order valence-corrected chi connectivity index (χ2v) is 4.99. The first-order chi connectivity index (χ1) is 8.70. The monoisotopic (exact) mass is 254 g/mol. The Morgan fingerprint density at radius 2 is 1.50 bits per heavy atom. The molecule has 2 amide bonds. The molecule has 2 saturated heterocycles. The molecule has 6 heteroatoms. The van der Waals surface area contributed by atoms with Crippen LogP contribution >= 0.6 is 0 Å². The van der Waals surface area contributed by atoms with Crippen LogP contribution in [0.4, 0.5) is 0 Å². The van der Waals surface area contributed by atoms with Gasteiger partial charge in [0.2, 0.25) is 11.8 Å². The van der Waals surface area contributed by atoms with Crippen LogP contribution in [-0.4, -0.2) is 66.0 Å². The number of hydrogen-bond donors (Lipinski definition) is 1. The van der Waals surface area contributed by atoms with E-state index in [4.69, 9.17) is 5.73 Å². The maximum absolute atomic E-state index is 11.6. The van der Waals surface area contributed by atoms with Gasteiger partial charge in [0, 0.05) is 39.0 Å². The molecule has 0 saturated carbocycles. The Morgan fingerprint density at radius 3 is 1.83 bits per heavy atom. The van der Waals surface area contributed by atoms with Gasteiger partial charge in [0.25, 0.3) is 0 Å². The molecule has 0 atom stereocenters. The number of likely N-dealkylation sites (tertiary alicyclic amines) is 2. The maximum atomic E-state index is 11.6. The molecule has 102 valence electrons. The zero-order valence-corrected chi connectivity index (χ0v) is 10.8. The van der Waals surface area contributed by atoms with E-state index in [1.165, 1.54) is 0 Å². The standard InChI is InChI=1S/C12H22N4O2/c13-5-8-14(9-15-6-1-3-11(15)17)10-16-7-2-4-12(16)18/h1-10,13H2. The summed E-state index contributed by atoms with van der Waals surface area (Å²) in [5.41, 5.74) is 5.60. The van der Waals surface area contributed by atoms with Crippen molar-refractivity contribution >= 4 is 11.8 Å². The van der Waals surface area contributed by atoms with Crippen molar-refractivity contribution in [3.8, 4) is 0 Å². The quantitative estimate of drug-likeness (QED) is 0.687. The first-order valence-corrected chi connectivity index (χ1v) is 6.68. The Morgan fingerprint density at radius 1 is 1.00 bits per heavy atom. The van der Waals surface area contributed by atoms with E-state index in [9.17, 15) is 9.59 Å². The average molecular weight is 254 g/mol. The fraction of sp³-hybridized carbons (Fsp3) is 0.833. The largest absolute Gasteiger partial charge is 0.330 e. The third-order valence-corrected chi connectivity index (χ3v) is 3.53. The van der Waals surface area contributed by atoms with Crippen molar-refractivity contribution in [2.45, 2.75) is 25.7 Å². The molecular formula is C12H22N4O2. The van der Waals surface area contributed by atoms with Crippen LogP contribution in [0.15, 0.2) is 0 Å². The van der Waals surface area contributed by atoms with Crippen LogP contribution in [0.25, 0.3) is 0 Å². The second kappa shape index (κ2) is 6.15. The van der Waals surface area contributed by atoms with E-state index in [0.717, 1.165) is 25.9 Å². The lowest BCUT2D eigenvalue weighted by Crippen LogP contribution is -2.46. The first-order valence-electron chi connectivity index (χ1n) is 6.68. The van der Waals surface area contributed by atoms with Gasteiger partial charge in [0.1, 0.15) is 0 Å². The summed E-state index contributed by atoms with van der Waals surface area (Å²) in [5, 5.41) is 0. The molecule has 0 radical (unpaired) electrons. The molecule has 0 aromatic carbocycles. The highest BCUT2D eigenvalue weighted by Crippen LogP contribution is 2.13. The highest BCUT2D eigenvalue weighted by molar-refractivity contribution is 5.78. The lowest BCUT2D eigenvalue weighted by Gasteiger charge is -2.30. The Hall–Kier alpha value is -1.14. The topological polar surface area (TPSA) is 69.9 Å². The molecule has 2 N–H and O–H groups in total. The van der Waals surface area contributed by atoms with E-state index >= 15 is 0 Å². The molecule has 2 heterocycles. The van der Waals surface area contributed by atoms with Crippen molar-refractivity contribution in [3.05, 3.63) is 0 Å². The van der Waals surface area contributed by atoms with E-state index in [0.29, 0.717) is 39.3 Å². The summed E-state index contributed by atoms with van der Waals surface area (Å²) in [5.74, 6) is 0.425. The zero-order valence-electron chi connectivity index (χ0n) is 10.8. The molecule has 2 fully saturated rings. The highest BCUT2D eigenvalue weighted by Gasteiger charge is 2.25. The van der Waals surface area contributed by atoms with E-state index in [1.807, 2.05) is 9.80 Å². The maximum Gasteiger partial charge on any atom is 0.223 e. The summed E-state index contributed by atoms with van der Waals surface area (Å²) in [6, 6.07) is 0. The summed E-state index contributed by atoms with van der Waals surface area (Å²) in [6.07, 6.45) is 3.19. The number of hydrogen-bond acceptors (Lipinski definition) is 4. The summed E-state index contributed by atoms with van der Waals surface area (Å²) in [6.45, 7) is 4.11. The number of nitrogens with two attached hydrogens (primary N) is 1. The molecule has 2 rings (SSSR count). The summed E-state index contributed by atoms with van der Waals surface area (Å²) in [7, 11) is 0. The minimum absolute atomic E-state index is 0.213. The number of amides is 2. The van der Waals surface area contributed by atoms with Gasteiger partial charge in [-0.1, -0.05) is 0 Å². The van der Waals surface area contributed by atoms with E-state index in [1.54, 1.807) is 0 Å². The van der Waals surface area contributed by atoms with Gasteiger partial charge >= 0.3 is 0 Å². The van der Waals surface area contributed by atoms with Crippen LogP contribution in [-0.2, 0) is 9.59 Å². The van der Waals surface area contributed by atoms with Crippen molar-refractivity contribution < 1.29 is 9.59 Å². The number of rotatable bonds is 6. The van der Waals surface area contributed by atoms with E-state index in [2.05, 4.69) is 4.90 Å². The highest BCUT2D eigenvalue weighted by atomic mass is 16.2. The molecule has 0 bridgehead atoms. The fourth-order valence-corrected chi connectivity index (χ4v) is 2.56. The Bertz CT molecular complexity index is 293. The third kappa shape index (κ3) is 3.20. The Balaban J connectivity index is 1.86. The Kier molecular flexibility index (Phi) is 4.54. The Labute approximate surface area is 108 Å². The van der Waals surface area contributed by atoms with Crippen molar-refractivity contribution in [1.82, 2.24) is 14.7 Å². The van der Waals surface area contributed by atoms with Crippen LogP contribution in [0.2, 0.25) is 0 Å². The summed E-state index contributed by atoms with van der Waals surface area (Å²) >= 11 is 0. The molecule has 18 heavy (non-hydrogen) atoms. The van der Waals surface area contributed by atoms with Gasteiger partial charge in [-0.05, 0) is 12.8 Å². The predicted molar refractivity (Wildman–Crippen MR) is 67.4 cm³/mol. The first kappa shape index (κ1) is 13.3. The number of carbonyl (C=O) groups is 2. The lowest BCUT2D eigenvalue weighted by atomic mass is 10.4. The number of carbonyl (C=O) groups excluding carboxylic acids is 2. The van der Waals surface area contributed by atoms with Crippen LogP contribution in [0, 0.1) is 0 Å². The van der Waals surface area contributed by atoms with Gasteiger partial charge in [0.05, 0.1) is 13.3 Å². The van der Waals surface area contributed by atoms with Gasteiger partial charge in [-0.3, -0.25) is 14.5 Å². The molecule has 0 aromatic rings. The SMILES string of the molecule is NCCN(CN1CCCC1=O)CN1CCCC1=O. The van der Waals surface area contributed by atoms with Gasteiger partial charge < -0.3 is 15.5 Å². The van der Waals surface area contributed by atoms with Crippen LogP contribution < -0.4 is 5.73 Å². The van der Waals surface area contributed by atoms with Gasteiger partial charge in [-0.25, -0.2) is 0 Å². The smallest absolute Gasteiger partial charge is 0.223 e. The van der Waals surface area contributed by atoms with E-state index < -0.39 is 0 Å². The molecule has 0 unspecified atom stereocenters. The minimum atomic E-state index is 0.213. The predicted octanol–water partition coefficient (Wildman–Crippen LogP) is -0.593. The van der Waals surface area contributed by atoms with Gasteiger partial charge in [-0.15, -0.1) is 0 Å². The van der Waals surface area contributed by atoms with Gasteiger partial charge in [0.15, 0.2) is 0 Å². The molecule has 2 aliphatic rings. The molecule has 6 nitrogen and oxygen atoms in total. The molecule has 0 aliphatic carbocycles. The fourth-order valence-electron chi connectivity index (χ4n) is 2.56. The van der Waals surface area contributed by atoms with Crippen molar-refractivity contribution in [3.63, 3.8) is 0 Å². The van der Waals surface area contributed by atoms with E-state index in [-0.39, 0.29) is 11.8 Å². The van der Waals surface area contributed by atoms with Crippen molar-refractivity contribution in [2.75, 3.05) is 39.5 Å². The minimum Gasteiger partial charge on any atom is -0.330 e. The number of nitrogens with zero attached hydrogens (tertiary/aromatic N) is 3. The summed E-state index contributed by atoms with van der Waals surface area (Å²) < 4.78 is 0. The van der Waals surface area contributed by atoms with Crippen LogP contribution in [0.1, 0.15) is 25.7 Å². The lowest BCUT2D eigenvalue weighted by molar-refractivity contribution is -0.132. The van der Waals surface area contributed by atoms with Gasteiger partial charge in [-0.2, -0.15) is 0 Å². The summed E-state index contributed by atoms with van der Waals surface area (Å²) in [4.78, 5) is 29.0. The van der Waals surface area contributed by atoms with Crippen LogP contribution in [0.3, 0.4) is 0 Å². The zero-order chi connectivity index (χ0) is 13.0. The molecule has 0 spiro atoms. The normalized spacial score (nSPS) is 20.6. The molecular weight excluding hydrogens is 232 g/mol. The third-order valence-electron chi connectivity index (χ3n) is 3.53. The average Bonchev–Trinajstić information content (AvgIpc) is 2.90. The molecule has 0 aromatic heterocycles. The van der Waals surface area contributed by atoms with Crippen molar-refractivity contribution in [2.24, 2.45) is 5.73 Å². The second-order valence-electron chi connectivity index (χ2n) is 4.99. The molecule has 2 aliphatic heterocycles. The van der Waals surface area contributed by atoms with Crippen LogP contribution in [0.5, 0.6) is 0 Å². The van der Waals surface area contributed by atoms with Crippen molar-refractivity contribution in [1.29, 1.82) is 0 Å².